The Kier molecular flexibility index (Phi) is 46.1. The van der Waals surface area contributed by atoms with Crippen molar-refractivity contribution < 1.29 is 56.8 Å². The highest BCUT2D eigenvalue weighted by molar-refractivity contribution is 4.56. The van der Waals surface area contributed by atoms with Gasteiger partial charge in [-0.1, -0.05) is 27.7 Å². The number of hydrogen-bond donors (Lipinski definition) is 0. The Morgan fingerprint density at radius 1 is 0.192 bits per heavy atom. The second kappa shape index (κ2) is 46.6. The quantitative estimate of drug-likeness (QED) is 0.0845. The van der Waals surface area contributed by atoms with E-state index in [2.05, 4.69) is 37.5 Å². The topological polar surface area (TPSA) is 117 Å². The summed E-state index contributed by atoms with van der Waals surface area (Å²) in [5.74, 6) is 0. The zero-order chi connectivity index (χ0) is 37.7. The molecule has 52 heavy (non-hydrogen) atoms. The SMILES string of the molecule is CCCN(CCC)CCOCCOCCOCCOCCOCCOCCOCCOCCOCCOCCOCCOCCN(CCC)CCC. The maximum Gasteiger partial charge on any atom is 0.0701 e. The molecule has 0 aromatic heterocycles. The van der Waals surface area contributed by atoms with Gasteiger partial charge in [-0.25, -0.2) is 0 Å². The Balaban J connectivity index is 3.14. The molecule has 0 unspecified atom stereocenters. The number of hydrogen-bond acceptors (Lipinski definition) is 14. The largest absolute Gasteiger partial charge is 0.378 e. The predicted molar refractivity (Wildman–Crippen MR) is 204 cm³/mol. The van der Waals surface area contributed by atoms with E-state index in [0.29, 0.717) is 145 Å². The van der Waals surface area contributed by atoms with E-state index in [4.69, 9.17) is 56.8 Å². The van der Waals surface area contributed by atoms with Crippen molar-refractivity contribution in [2.45, 2.75) is 53.4 Å². The van der Waals surface area contributed by atoms with Gasteiger partial charge in [0.1, 0.15) is 0 Å². The van der Waals surface area contributed by atoms with Crippen molar-refractivity contribution >= 4 is 0 Å². The van der Waals surface area contributed by atoms with Crippen molar-refractivity contribution in [3.05, 3.63) is 0 Å². The average Bonchev–Trinajstić information content (AvgIpc) is 3.14. The van der Waals surface area contributed by atoms with Crippen LogP contribution in [0.15, 0.2) is 0 Å². The minimum Gasteiger partial charge on any atom is -0.378 e. The fourth-order valence-corrected chi connectivity index (χ4v) is 4.84. The van der Waals surface area contributed by atoms with Crippen LogP contribution in [0.4, 0.5) is 0 Å². The fourth-order valence-electron chi connectivity index (χ4n) is 4.84. The van der Waals surface area contributed by atoms with E-state index in [1.54, 1.807) is 0 Å². The van der Waals surface area contributed by atoms with Gasteiger partial charge in [0.25, 0.3) is 0 Å². The van der Waals surface area contributed by atoms with Crippen molar-refractivity contribution in [1.29, 1.82) is 0 Å². The first-order chi connectivity index (χ1) is 25.8. The predicted octanol–water partition coefficient (Wildman–Crippen LogP) is 3.43. The van der Waals surface area contributed by atoms with Crippen molar-refractivity contribution in [2.75, 3.05) is 198 Å². The average molecular weight is 757 g/mol. The minimum atomic E-state index is 0.518. The highest BCUT2D eigenvalue weighted by atomic mass is 16.6. The lowest BCUT2D eigenvalue weighted by molar-refractivity contribution is -0.0286. The zero-order valence-corrected chi connectivity index (χ0v) is 33.8. The molecule has 314 valence electrons. The smallest absolute Gasteiger partial charge is 0.0701 e. The summed E-state index contributed by atoms with van der Waals surface area (Å²) in [6.07, 6.45) is 4.71. The molecule has 0 heterocycles. The van der Waals surface area contributed by atoms with Gasteiger partial charge in [-0.05, 0) is 51.9 Å². The number of rotatable bonds is 47. The molecule has 0 aliphatic rings. The molecule has 0 fully saturated rings. The van der Waals surface area contributed by atoms with Crippen LogP contribution >= 0.6 is 0 Å². The van der Waals surface area contributed by atoms with Crippen molar-refractivity contribution in [2.24, 2.45) is 0 Å². The normalized spacial score (nSPS) is 11.9. The van der Waals surface area contributed by atoms with Crippen LogP contribution in [0.25, 0.3) is 0 Å². The van der Waals surface area contributed by atoms with Crippen LogP contribution in [0, 0.1) is 0 Å². The summed E-state index contributed by atoms with van der Waals surface area (Å²) in [6, 6.07) is 0. The van der Waals surface area contributed by atoms with Crippen molar-refractivity contribution in [3.8, 4) is 0 Å². The van der Waals surface area contributed by atoms with Crippen molar-refractivity contribution in [3.63, 3.8) is 0 Å². The van der Waals surface area contributed by atoms with E-state index in [-0.39, 0.29) is 0 Å². The summed E-state index contributed by atoms with van der Waals surface area (Å²) in [5.41, 5.74) is 0. The van der Waals surface area contributed by atoms with Gasteiger partial charge >= 0.3 is 0 Å². The molecule has 0 bridgehead atoms. The molecule has 0 spiro atoms. The highest BCUT2D eigenvalue weighted by Crippen LogP contribution is 1.95. The summed E-state index contributed by atoms with van der Waals surface area (Å²) in [5, 5.41) is 0. The molecule has 0 saturated carbocycles. The van der Waals surface area contributed by atoms with Gasteiger partial charge in [0.05, 0.1) is 159 Å². The van der Waals surface area contributed by atoms with Gasteiger partial charge in [0.15, 0.2) is 0 Å². The lowest BCUT2D eigenvalue weighted by atomic mass is 10.3. The summed E-state index contributed by atoms with van der Waals surface area (Å²) in [7, 11) is 0. The van der Waals surface area contributed by atoms with Crippen LogP contribution in [0.5, 0.6) is 0 Å². The summed E-state index contributed by atoms with van der Waals surface area (Å²) >= 11 is 0. The lowest BCUT2D eigenvalue weighted by Crippen LogP contribution is -2.29. The first-order valence-corrected chi connectivity index (χ1v) is 20.2. The highest BCUT2D eigenvalue weighted by Gasteiger charge is 2.03. The molecule has 0 aliphatic carbocycles. The maximum atomic E-state index is 5.67. The molecule has 0 rings (SSSR count). The van der Waals surface area contributed by atoms with Crippen LogP contribution in [-0.4, -0.2) is 208 Å². The number of nitrogens with zero attached hydrogens (tertiary/aromatic N) is 2. The second-order valence-electron chi connectivity index (χ2n) is 12.0. The molecule has 0 N–H and O–H groups in total. The first kappa shape index (κ1) is 51.4. The van der Waals surface area contributed by atoms with E-state index >= 15 is 0 Å². The van der Waals surface area contributed by atoms with Gasteiger partial charge in [0, 0.05) is 13.1 Å². The van der Waals surface area contributed by atoms with Crippen LogP contribution < -0.4 is 0 Å². The third-order valence-corrected chi connectivity index (χ3v) is 7.36. The third kappa shape index (κ3) is 42.2. The molecule has 14 nitrogen and oxygen atoms in total. The standard InChI is InChI=1S/C38H80N2O12/c1-5-9-39(10-6-2)13-15-41-17-19-43-21-23-45-25-27-47-29-31-49-33-35-51-37-38-52-36-34-50-32-30-48-28-26-46-24-22-44-20-18-42-16-14-40(11-7-3)12-8-4/h5-38H2,1-4H3. The van der Waals surface area contributed by atoms with E-state index in [0.717, 1.165) is 52.5 Å². The third-order valence-electron chi connectivity index (χ3n) is 7.36. The Morgan fingerprint density at radius 2 is 0.327 bits per heavy atom. The summed E-state index contributed by atoms with van der Waals surface area (Å²) in [6.45, 7) is 28.8. The summed E-state index contributed by atoms with van der Waals surface area (Å²) < 4.78 is 66.6. The molecule has 0 atom stereocenters. The second-order valence-corrected chi connectivity index (χ2v) is 12.0. The van der Waals surface area contributed by atoms with Crippen LogP contribution in [0.3, 0.4) is 0 Å². The molecular weight excluding hydrogens is 676 g/mol. The molecule has 0 radical (unpaired) electrons. The van der Waals surface area contributed by atoms with Crippen molar-refractivity contribution in [1.82, 2.24) is 9.80 Å². The van der Waals surface area contributed by atoms with Gasteiger partial charge in [-0.15, -0.1) is 0 Å². The molecule has 0 aliphatic heterocycles. The van der Waals surface area contributed by atoms with Gasteiger partial charge < -0.3 is 66.6 Å². The Labute approximate surface area is 317 Å². The molecule has 0 saturated heterocycles. The van der Waals surface area contributed by atoms with Gasteiger partial charge in [-0.3, -0.25) is 0 Å². The molecule has 14 heteroatoms. The van der Waals surface area contributed by atoms with E-state index < -0.39 is 0 Å². The molecular formula is C38H80N2O12. The maximum absolute atomic E-state index is 5.67. The van der Waals surface area contributed by atoms with Crippen LogP contribution in [-0.2, 0) is 56.8 Å². The number of ether oxygens (including phenoxy) is 12. The zero-order valence-electron chi connectivity index (χ0n) is 33.8. The van der Waals surface area contributed by atoms with Crippen LogP contribution in [0.2, 0.25) is 0 Å². The Hall–Kier alpha value is -0.560. The molecule has 0 aromatic carbocycles. The van der Waals surface area contributed by atoms with Crippen LogP contribution in [0.1, 0.15) is 53.4 Å². The fraction of sp³-hybridized carbons (Fsp3) is 1.00. The first-order valence-electron chi connectivity index (χ1n) is 20.2. The molecule has 0 amide bonds. The van der Waals surface area contributed by atoms with Gasteiger partial charge in [0.2, 0.25) is 0 Å². The Morgan fingerprint density at radius 3 is 0.462 bits per heavy atom. The van der Waals surface area contributed by atoms with E-state index in [1.165, 1.54) is 25.7 Å². The lowest BCUT2D eigenvalue weighted by Gasteiger charge is -2.20. The minimum absolute atomic E-state index is 0.518. The summed E-state index contributed by atoms with van der Waals surface area (Å²) in [4.78, 5) is 4.89. The Bertz CT molecular complexity index is 581. The van der Waals surface area contributed by atoms with E-state index in [1.807, 2.05) is 0 Å². The monoisotopic (exact) mass is 757 g/mol. The van der Waals surface area contributed by atoms with Gasteiger partial charge in [-0.2, -0.15) is 0 Å². The molecule has 0 aromatic rings. The van der Waals surface area contributed by atoms with E-state index in [9.17, 15) is 0 Å².